The van der Waals surface area contributed by atoms with Crippen molar-refractivity contribution >= 4 is 40.7 Å². The number of nitriles is 1. The van der Waals surface area contributed by atoms with Crippen molar-refractivity contribution in [3.63, 3.8) is 0 Å². The van der Waals surface area contributed by atoms with Crippen LogP contribution in [-0.2, 0) is 0 Å². The number of carbonyl (C=O) groups is 2. The maximum atomic E-state index is 14.3. The Morgan fingerprint density at radius 2 is 1.70 bits per heavy atom. The molecule has 0 fully saturated rings. The standard InChI is InChI=1S/C31H26Cl2N4O3/c1-17(2)36-26(23-13-19(30(38)35-3)8-12-27(23)40-4)15-24-29(36)28(18-5-9-21(32)10-6-18)37(31(24)39)25-14-22(33)11-7-20(25)16-34/h5-15,17,28H,1-4H3,(H,35,38). The number of carbonyl (C=O) groups excluding carboxylic acids is 2. The molecule has 2 amide bonds. The number of nitrogens with zero attached hydrogens (tertiary/aromatic N) is 3. The largest absolute Gasteiger partial charge is 0.496 e. The van der Waals surface area contributed by atoms with Crippen molar-refractivity contribution in [2.24, 2.45) is 0 Å². The van der Waals surface area contributed by atoms with Crippen LogP contribution in [0.25, 0.3) is 11.3 Å². The van der Waals surface area contributed by atoms with Gasteiger partial charge in [-0.3, -0.25) is 14.5 Å². The maximum Gasteiger partial charge on any atom is 0.261 e. The van der Waals surface area contributed by atoms with Crippen LogP contribution in [-0.4, -0.2) is 30.5 Å². The third-order valence-electron chi connectivity index (χ3n) is 7.05. The summed E-state index contributed by atoms with van der Waals surface area (Å²) in [6.07, 6.45) is 0. The summed E-state index contributed by atoms with van der Waals surface area (Å²) in [6, 6.07) is 20.8. The Balaban J connectivity index is 1.81. The van der Waals surface area contributed by atoms with Gasteiger partial charge in [0.2, 0.25) is 0 Å². The van der Waals surface area contributed by atoms with Crippen LogP contribution in [0.1, 0.15) is 63.5 Å². The highest BCUT2D eigenvalue weighted by Crippen LogP contribution is 2.48. The first-order valence-electron chi connectivity index (χ1n) is 12.6. The third kappa shape index (κ3) is 4.49. The van der Waals surface area contributed by atoms with Crippen molar-refractivity contribution in [2.75, 3.05) is 19.1 Å². The normalized spacial score (nSPS) is 14.3. The topological polar surface area (TPSA) is 87.4 Å². The van der Waals surface area contributed by atoms with Gasteiger partial charge >= 0.3 is 0 Å². The molecule has 1 N–H and O–H groups in total. The number of nitrogens with one attached hydrogen (secondary N) is 1. The average Bonchev–Trinajstić information content (AvgIpc) is 3.47. The lowest BCUT2D eigenvalue weighted by atomic mass is 10.0. The number of hydrogen-bond donors (Lipinski definition) is 1. The number of amides is 2. The number of ether oxygens (including phenoxy) is 1. The fraction of sp³-hybridized carbons (Fsp3) is 0.194. The van der Waals surface area contributed by atoms with Gasteiger partial charge in [0.25, 0.3) is 11.8 Å². The maximum absolute atomic E-state index is 14.3. The summed E-state index contributed by atoms with van der Waals surface area (Å²) in [5.74, 6) is 0.0702. The second kappa shape index (κ2) is 10.7. The molecule has 0 spiro atoms. The zero-order valence-electron chi connectivity index (χ0n) is 22.3. The van der Waals surface area contributed by atoms with Crippen LogP contribution in [0.2, 0.25) is 10.0 Å². The number of rotatable bonds is 6. The Labute approximate surface area is 242 Å². The quantitative estimate of drug-likeness (QED) is 0.268. The summed E-state index contributed by atoms with van der Waals surface area (Å²) in [7, 11) is 3.15. The number of halogens is 2. The minimum Gasteiger partial charge on any atom is -0.496 e. The van der Waals surface area contributed by atoms with Gasteiger partial charge in [-0.1, -0.05) is 35.3 Å². The molecule has 1 aliphatic heterocycles. The summed E-state index contributed by atoms with van der Waals surface area (Å²) in [4.78, 5) is 28.4. The molecule has 1 atom stereocenters. The van der Waals surface area contributed by atoms with Gasteiger partial charge in [-0.05, 0) is 74.0 Å². The average molecular weight is 573 g/mol. The van der Waals surface area contributed by atoms with Crippen molar-refractivity contribution in [1.82, 2.24) is 9.88 Å². The first-order valence-corrected chi connectivity index (χ1v) is 13.4. The summed E-state index contributed by atoms with van der Waals surface area (Å²) in [5, 5.41) is 13.5. The fourth-order valence-corrected chi connectivity index (χ4v) is 5.61. The molecule has 1 unspecified atom stereocenters. The lowest BCUT2D eigenvalue weighted by Gasteiger charge is -2.30. The number of aromatic nitrogens is 1. The van der Waals surface area contributed by atoms with Gasteiger partial charge in [0, 0.05) is 34.3 Å². The molecule has 3 aromatic carbocycles. The zero-order chi connectivity index (χ0) is 28.7. The molecule has 5 rings (SSSR count). The fourth-order valence-electron chi connectivity index (χ4n) is 5.32. The Kier molecular flexibility index (Phi) is 7.33. The molecule has 0 saturated heterocycles. The summed E-state index contributed by atoms with van der Waals surface area (Å²) in [6.45, 7) is 4.07. The van der Waals surface area contributed by atoms with E-state index in [4.69, 9.17) is 27.9 Å². The van der Waals surface area contributed by atoms with Gasteiger partial charge in [0.05, 0.1) is 35.3 Å². The third-order valence-corrected chi connectivity index (χ3v) is 7.54. The molecule has 1 aliphatic rings. The zero-order valence-corrected chi connectivity index (χ0v) is 23.8. The molecule has 9 heteroatoms. The highest BCUT2D eigenvalue weighted by Gasteiger charge is 2.44. The van der Waals surface area contributed by atoms with Gasteiger partial charge in [-0.2, -0.15) is 5.26 Å². The monoisotopic (exact) mass is 572 g/mol. The molecule has 0 radical (unpaired) electrons. The van der Waals surface area contributed by atoms with Gasteiger partial charge in [-0.15, -0.1) is 0 Å². The summed E-state index contributed by atoms with van der Waals surface area (Å²) >= 11 is 12.6. The second-order valence-corrected chi connectivity index (χ2v) is 10.6. The van der Waals surface area contributed by atoms with Crippen LogP contribution in [0.4, 0.5) is 5.69 Å². The minimum atomic E-state index is -0.574. The second-order valence-electron chi connectivity index (χ2n) is 9.69. The number of anilines is 1. The van der Waals surface area contributed by atoms with Crippen LogP contribution < -0.4 is 15.0 Å². The Morgan fingerprint density at radius 1 is 1.00 bits per heavy atom. The molecule has 7 nitrogen and oxygen atoms in total. The smallest absolute Gasteiger partial charge is 0.261 e. The van der Waals surface area contributed by atoms with Crippen molar-refractivity contribution in [3.8, 4) is 23.1 Å². The van der Waals surface area contributed by atoms with Crippen molar-refractivity contribution in [3.05, 3.63) is 105 Å². The molecule has 0 bridgehead atoms. The summed E-state index contributed by atoms with van der Waals surface area (Å²) < 4.78 is 7.78. The Hall–Kier alpha value is -4.25. The SMILES string of the molecule is CNC(=O)c1ccc(OC)c(-c2cc3c(n2C(C)C)C(c2ccc(Cl)cc2)N(c2cc(Cl)ccc2C#N)C3=O)c1. The van der Waals surface area contributed by atoms with Gasteiger partial charge < -0.3 is 14.6 Å². The van der Waals surface area contributed by atoms with Crippen molar-refractivity contribution < 1.29 is 14.3 Å². The van der Waals surface area contributed by atoms with E-state index >= 15 is 0 Å². The van der Waals surface area contributed by atoms with E-state index in [1.807, 2.05) is 32.0 Å². The van der Waals surface area contributed by atoms with Crippen LogP contribution in [0, 0.1) is 11.3 Å². The molecule has 40 heavy (non-hydrogen) atoms. The first kappa shape index (κ1) is 27.3. The first-order chi connectivity index (χ1) is 19.2. The van der Waals surface area contributed by atoms with E-state index in [9.17, 15) is 14.9 Å². The van der Waals surface area contributed by atoms with Gasteiger partial charge in [-0.25, -0.2) is 0 Å². The van der Waals surface area contributed by atoms with Crippen molar-refractivity contribution in [2.45, 2.75) is 25.9 Å². The van der Waals surface area contributed by atoms with E-state index < -0.39 is 6.04 Å². The van der Waals surface area contributed by atoms with Crippen LogP contribution in [0.15, 0.2) is 66.7 Å². The van der Waals surface area contributed by atoms with E-state index in [1.165, 1.54) is 0 Å². The molecular formula is C31H26Cl2N4O3. The highest BCUT2D eigenvalue weighted by molar-refractivity contribution is 6.31. The molecule has 4 aromatic rings. The lowest BCUT2D eigenvalue weighted by molar-refractivity contribution is 0.0961. The van der Waals surface area contributed by atoms with E-state index in [0.29, 0.717) is 43.7 Å². The Morgan fingerprint density at radius 3 is 2.33 bits per heavy atom. The molecule has 0 saturated carbocycles. The predicted molar refractivity (Wildman–Crippen MR) is 156 cm³/mol. The van der Waals surface area contributed by atoms with Crippen LogP contribution in [0.3, 0.4) is 0 Å². The molecular weight excluding hydrogens is 547 g/mol. The van der Waals surface area contributed by atoms with Gasteiger partial charge in [0.15, 0.2) is 0 Å². The predicted octanol–water partition coefficient (Wildman–Crippen LogP) is 7.03. The number of benzene rings is 3. The summed E-state index contributed by atoms with van der Waals surface area (Å²) in [5.41, 5.74) is 4.70. The molecule has 1 aromatic heterocycles. The molecule has 0 aliphatic carbocycles. The van der Waals surface area contributed by atoms with Crippen LogP contribution in [0.5, 0.6) is 5.75 Å². The Bertz CT molecular complexity index is 1690. The number of hydrogen-bond acceptors (Lipinski definition) is 4. The molecule has 202 valence electrons. The number of methoxy groups -OCH3 is 1. The van der Waals surface area contributed by atoms with E-state index in [-0.39, 0.29) is 17.9 Å². The van der Waals surface area contributed by atoms with E-state index in [1.54, 1.807) is 67.6 Å². The molecule has 2 heterocycles. The lowest BCUT2D eigenvalue weighted by Crippen LogP contribution is -2.30. The van der Waals surface area contributed by atoms with Crippen LogP contribution >= 0.6 is 23.2 Å². The number of fused-ring (bicyclic) bond motifs is 1. The highest BCUT2D eigenvalue weighted by atomic mass is 35.5. The van der Waals surface area contributed by atoms with E-state index in [2.05, 4.69) is 16.0 Å². The van der Waals surface area contributed by atoms with E-state index in [0.717, 1.165) is 17.0 Å². The van der Waals surface area contributed by atoms with Crippen molar-refractivity contribution in [1.29, 1.82) is 5.26 Å². The van der Waals surface area contributed by atoms with Gasteiger partial charge in [0.1, 0.15) is 17.9 Å². The minimum absolute atomic E-state index is 0.0792.